The van der Waals surface area contributed by atoms with E-state index >= 15 is 0 Å². The van der Waals surface area contributed by atoms with Crippen molar-refractivity contribution in [3.05, 3.63) is 58.3 Å². The van der Waals surface area contributed by atoms with Crippen LogP contribution in [0.4, 0.5) is 5.69 Å². The van der Waals surface area contributed by atoms with Gasteiger partial charge in [0.05, 0.1) is 11.8 Å². The van der Waals surface area contributed by atoms with Crippen molar-refractivity contribution in [3.8, 4) is 0 Å². The minimum Gasteiger partial charge on any atom is -0.378 e. The molecule has 1 aliphatic rings. The number of aromatic nitrogens is 2. The van der Waals surface area contributed by atoms with Crippen LogP contribution in [0.5, 0.6) is 0 Å². The van der Waals surface area contributed by atoms with Crippen molar-refractivity contribution in [3.63, 3.8) is 0 Å². The minimum absolute atomic E-state index is 0.0663. The molecule has 1 unspecified atom stereocenters. The molecule has 0 aliphatic carbocycles. The van der Waals surface area contributed by atoms with Gasteiger partial charge in [-0.25, -0.2) is 4.98 Å². The molecule has 1 amide bonds. The van der Waals surface area contributed by atoms with Crippen LogP contribution in [0.1, 0.15) is 24.1 Å². The Labute approximate surface area is 185 Å². The Bertz CT molecular complexity index is 1040. The summed E-state index contributed by atoms with van der Waals surface area (Å²) in [5.41, 5.74) is 2.93. The van der Waals surface area contributed by atoms with Gasteiger partial charge < -0.3 is 14.5 Å². The number of carbonyl (C=O) groups excluding carboxylic acids is 1. The zero-order chi connectivity index (χ0) is 21.1. The fourth-order valence-electron chi connectivity index (χ4n) is 3.57. The molecule has 0 bridgehead atoms. The highest BCUT2D eigenvalue weighted by Gasteiger charge is 2.22. The zero-order valence-corrected chi connectivity index (χ0v) is 18.7. The number of ether oxygens (including phenoxy) is 1. The number of fused-ring (bicyclic) bond motifs is 1. The van der Waals surface area contributed by atoms with Crippen LogP contribution in [0, 0.1) is 0 Å². The molecule has 8 heteroatoms. The van der Waals surface area contributed by atoms with Crippen molar-refractivity contribution < 1.29 is 9.53 Å². The standard InChI is InChI=1S/C22H25ClN4O2S/c1-25(2)17-7-5-16(6-8-17)14-26(15-18-4-3-12-29-18)20(28)10-9-19-21(23)24-22-27(19)11-13-30-22/h5-11,13,18H,3-4,12,14-15H2,1-2H3/b10-9+. The lowest BCUT2D eigenvalue weighted by atomic mass is 10.1. The van der Waals surface area contributed by atoms with Crippen molar-refractivity contribution in [1.29, 1.82) is 0 Å². The second-order valence-corrected chi connectivity index (χ2v) is 8.82. The van der Waals surface area contributed by atoms with E-state index in [0.29, 0.717) is 23.9 Å². The van der Waals surface area contributed by atoms with Crippen LogP contribution in [0.3, 0.4) is 0 Å². The minimum atomic E-state index is -0.0663. The van der Waals surface area contributed by atoms with Gasteiger partial charge in [0.25, 0.3) is 0 Å². The van der Waals surface area contributed by atoms with Crippen molar-refractivity contribution >= 4 is 45.6 Å². The first-order valence-corrected chi connectivity index (χ1v) is 11.2. The molecular formula is C22H25ClN4O2S. The summed E-state index contributed by atoms with van der Waals surface area (Å²) in [6, 6.07) is 8.27. The summed E-state index contributed by atoms with van der Waals surface area (Å²) in [6.45, 7) is 1.87. The molecule has 0 saturated carbocycles. The molecule has 1 fully saturated rings. The van der Waals surface area contributed by atoms with Gasteiger partial charge in [-0.15, -0.1) is 11.3 Å². The van der Waals surface area contributed by atoms with Crippen LogP contribution in [-0.4, -0.2) is 53.5 Å². The molecule has 0 spiro atoms. The summed E-state index contributed by atoms with van der Waals surface area (Å²) < 4.78 is 7.67. The van der Waals surface area contributed by atoms with E-state index in [1.54, 1.807) is 12.2 Å². The van der Waals surface area contributed by atoms with Crippen LogP contribution >= 0.6 is 22.9 Å². The monoisotopic (exact) mass is 444 g/mol. The molecule has 0 N–H and O–H groups in total. The van der Waals surface area contributed by atoms with Crippen molar-refractivity contribution in [1.82, 2.24) is 14.3 Å². The number of rotatable bonds is 7. The lowest BCUT2D eigenvalue weighted by Crippen LogP contribution is -2.35. The number of carbonyl (C=O) groups is 1. The first-order chi connectivity index (χ1) is 14.5. The quantitative estimate of drug-likeness (QED) is 0.509. The number of halogens is 1. The predicted octanol–water partition coefficient (Wildman–Crippen LogP) is 4.34. The smallest absolute Gasteiger partial charge is 0.247 e. The Hall–Kier alpha value is -2.35. The second-order valence-electron chi connectivity index (χ2n) is 7.59. The average molecular weight is 445 g/mol. The van der Waals surface area contributed by atoms with Crippen molar-refractivity contribution in [2.75, 3.05) is 32.1 Å². The number of imidazole rings is 1. The van der Waals surface area contributed by atoms with E-state index < -0.39 is 0 Å². The Morgan fingerprint density at radius 3 is 2.87 bits per heavy atom. The maximum absolute atomic E-state index is 13.1. The molecule has 0 radical (unpaired) electrons. The molecule has 1 aromatic carbocycles. The highest BCUT2D eigenvalue weighted by atomic mass is 35.5. The van der Waals surface area contributed by atoms with E-state index in [-0.39, 0.29) is 12.0 Å². The average Bonchev–Trinajstić information content (AvgIpc) is 3.45. The van der Waals surface area contributed by atoms with Gasteiger partial charge in [0, 0.05) is 57.1 Å². The first-order valence-electron chi connectivity index (χ1n) is 9.97. The molecule has 158 valence electrons. The molecule has 1 aliphatic heterocycles. The number of nitrogens with zero attached hydrogens (tertiary/aromatic N) is 4. The van der Waals surface area contributed by atoms with Gasteiger partial charge in [-0.05, 0) is 36.6 Å². The highest BCUT2D eigenvalue weighted by Crippen LogP contribution is 2.23. The zero-order valence-electron chi connectivity index (χ0n) is 17.1. The Balaban J connectivity index is 1.52. The third-order valence-electron chi connectivity index (χ3n) is 5.22. The number of hydrogen-bond donors (Lipinski definition) is 0. The normalized spacial score (nSPS) is 16.6. The number of benzene rings is 1. The van der Waals surface area contributed by atoms with Crippen LogP contribution in [0.25, 0.3) is 11.0 Å². The third kappa shape index (κ3) is 4.69. The molecule has 3 aromatic rings. The van der Waals surface area contributed by atoms with Crippen molar-refractivity contribution in [2.24, 2.45) is 0 Å². The molecule has 4 rings (SSSR count). The van der Waals surface area contributed by atoms with E-state index in [4.69, 9.17) is 16.3 Å². The summed E-state index contributed by atoms with van der Waals surface area (Å²) in [7, 11) is 4.03. The predicted molar refractivity (Wildman–Crippen MR) is 122 cm³/mol. The van der Waals surface area contributed by atoms with Gasteiger partial charge in [-0.3, -0.25) is 9.20 Å². The van der Waals surface area contributed by atoms with E-state index in [0.717, 1.165) is 35.7 Å². The van der Waals surface area contributed by atoms with E-state index in [1.165, 1.54) is 11.3 Å². The summed E-state index contributed by atoms with van der Waals surface area (Å²) in [5.74, 6) is -0.0663. The molecule has 30 heavy (non-hydrogen) atoms. The largest absolute Gasteiger partial charge is 0.378 e. The van der Waals surface area contributed by atoms with Crippen LogP contribution in [-0.2, 0) is 16.1 Å². The van der Waals surface area contributed by atoms with Gasteiger partial charge >= 0.3 is 0 Å². The summed E-state index contributed by atoms with van der Waals surface area (Å²) in [5, 5.41) is 2.34. The maximum atomic E-state index is 13.1. The van der Waals surface area contributed by atoms with Crippen LogP contribution in [0.15, 0.2) is 41.9 Å². The molecule has 2 aromatic heterocycles. The molecule has 1 atom stereocenters. The Kier molecular flexibility index (Phi) is 6.41. The van der Waals surface area contributed by atoms with Crippen LogP contribution in [0.2, 0.25) is 5.15 Å². The molecule has 1 saturated heterocycles. The SMILES string of the molecule is CN(C)c1ccc(CN(CC2CCCO2)C(=O)/C=C/c2c(Cl)nc3sccn23)cc1. The molecule has 6 nitrogen and oxygen atoms in total. The lowest BCUT2D eigenvalue weighted by Gasteiger charge is -2.25. The van der Waals surface area contributed by atoms with Gasteiger partial charge in [-0.2, -0.15) is 0 Å². The number of anilines is 1. The highest BCUT2D eigenvalue weighted by molar-refractivity contribution is 7.15. The van der Waals surface area contributed by atoms with Gasteiger partial charge in [0.1, 0.15) is 0 Å². The Morgan fingerprint density at radius 1 is 1.37 bits per heavy atom. The number of thiazole rings is 1. The topological polar surface area (TPSA) is 50.1 Å². The number of amides is 1. The third-order valence-corrected chi connectivity index (χ3v) is 6.26. The summed E-state index contributed by atoms with van der Waals surface area (Å²) in [4.78, 5) is 22.1. The van der Waals surface area contributed by atoms with Crippen LogP contribution < -0.4 is 4.90 Å². The van der Waals surface area contributed by atoms with E-state index in [1.807, 2.05) is 35.0 Å². The maximum Gasteiger partial charge on any atom is 0.247 e. The first kappa shape index (κ1) is 20.9. The Morgan fingerprint density at radius 2 is 2.17 bits per heavy atom. The molecular weight excluding hydrogens is 420 g/mol. The van der Waals surface area contributed by atoms with E-state index in [9.17, 15) is 4.79 Å². The fraction of sp³-hybridized carbons (Fsp3) is 0.364. The van der Waals surface area contributed by atoms with Gasteiger partial charge in [0.2, 0.25) is 5.91 Å². The number of hydrogen-bond acceptors (Lipinski definition) is 5. The van der Waals surface area contributed by atoms with Crippen molar-refractivity contribution in [2.45, 2.75) is 25.5 Å². The van der Waals surface area contributed by atoms with Gasteiger partial charge in [0.15, 0.2) is 10.1 Å². The fourth-order valence-corrected chi connectivity index (χ4v) is 4.57. The second kappa shape index (κ2) is 9.20. The summed E-state index contributed by atoms with van der Waals surface area (Å²) in [6.07, 6.45) is 7.34. The lowest BCUT2D eigenvalue weighted by molar-refractivity contribution is -0.128. The summed E-state index contributed by atoms with van der Waals surface area (Å²) >= 11 is 7.76. The molecule has 3 heterocycles. The van der Waals surface area contributed by atoms with Gasteiger partial charge in [-0.1, -0.05) is 23.7 Å². The van der Waals surface area contributed by atoms with E-state index in [2.05, 4.69) is 34.1 Å².